The van der Waals surface area contributed by atoms with Gasteiger partial charge >= 0.3 is 13.1 Å². The Labute approximate surface area is 135 Å². The molecule has 0 unspecified atom stereocenters. The fraction of sp³-hybridized carbons (Fsp3) is 0.533. The van der Waals surface area contributed by atoms with Crippen molar-refractivity contribution in [1.29, 1.82) is 0 Å². The summed E-state index contributed by atoms with van der Waals surface area (Å²) >= 11 is 0. The molecule has 1 saturated heterocycles. The standard InChI is InChI=1S/C15H20BN3O4/c1-14(2)15(3,4)23-16(22-14)9-7-10-11(13(20)21-6)18-19(5)12(10)17-8-9/h7-8H,1-6H3. The van der Waals surface area contributed by atoms with Crippen LogP contribution in [0.4, 0.5) is 0 Å². The molecule has 1 aliphatic rings. The molecule has 1 fully saturated rings. The van der Waals surface area contributed by atoms with Gasteiger partial charge in [0.2, 0.25) is 0 Å². The number of aryl methyl sites for hydroxylation is 1. The minimum absolute atomic E-state index is 0.232. The summed E-state index contributed by atoms with van der Waals surface area (Å²) in [7, 11) is 2.52. The highest BCUT2D eigenvalue weighted by Crippen LogP contribution is 2.36. The number of rotatable bonds is 2. The van der Waals surface area contributed by atoms with E-state index in [9.17, 15) is 4.79 Å². The van der Waals surface area contributed by atoms with Gasteiger partial charge in [0, 0.05) is 18.7 Å². The molecule has 1 aliphatic heterocycles. The summed E-state index contributed by atoms with van der Waals surface area (Å²) in [5.74, 6) is -0.497. The molecule has 122 valence electrons. The van der Waals surface area contributed by atoms with Gasteiger partial charge in [-0.1, -0.05) is 0 Å². The molecule has 0 bridgehead atoms. The highest BCUT2D eigenvalue weighted by Gasteiger charge is 2.51. The quantitative estimate of drug-likeness (QED) is 0.609. The molecule has 0 atom stereocenters. The molecule has 0 spiro atoms. The second kappa shape index (κ2) is 5.04. The number of aromatic nitrogens is 3. The summed E-state index contributed by atoms with van der Waals surface area (Å²) in [5.41, 5.74) is 0.704. The zero-order chi connectivity index (χ0) is 17.0. The Morgan fingerprint density at radius 3 is 2.43 bits per heavy atom. The Bertz CT molecular complexity index is 768. The highest BCUT2D eigenvalue weighted by molar-refractivity contribution is 6.62. The van der Waals surface area contributed by atoms with Gasteiger partial charge in [-0.3, -0.25) is 0 Å². The minimum Gasteiger partial charge on any atom is -0.464 e. The zero-order valence-electron chi connectivity index (χ0n) is 14.2. The van der Waals surface area contributed by atoms with Crippen LogP contribution in [0.1, 0.15) is 38.2 Å². The first-order valence-electron chi connectivity index (χ1n) is 7.43. The molecule has 3 heterocycles. The molecule has 7 nitrogen and oxygen atoms in total. The molecular weight excluding hydrogens is 297 g/mol. The Morgan fingerprint density at radius 1 is 1.26 bits per heavy atom. The molecule has 0 aliphatic carbocycles. The zero-order valence-corrected chi connectivity index (χ0v) is 14.2. The number of methoxy groups -OCH3 is 1. The van der Waals surface area contributed by atoms with E-state index in [4.69, 9.17) is 14.0 Å². The van der Waals surface area contributed by atoms with Gasteiger partial charge in [-0.2, -0.15) is 5.10 Å². The summed E-state index contributed by atoms with van der Waals surface area (Å²) in [5, 5.41) is 4.80. The van der Waals surface area contributed by atoms with Crippen molar-refractivity contribution in [3.05, 3.63) is 18.0 Å². The lowest BCUT2D eigenvalue weighted by molar-refractivity contribution is 0.00578. The minimum atomic E-state index is -0.539. The molecule has 0 aromatic carbocycles. The average Bonchev–Trinajstić information content (AvgIpc) is 2.92. The van der Waals surface area contributed by atoms with Gasteiger partial charge in [0.05, 0.1) is 23.7 Å². The Kier molecular flexibility index (Phi) is 3.49. The Balaban J connectivity index is 2.06. The number of carbonyl (C=O) groups is 1. The fourth-order valence-corrected chi connectivity index (χ4v) is 2.51. The number of esters is 1. The lowest BCUT2D eigenvalue weighted by Gasteiger charge is -2.32. The molecule has 23 heavy (non-hydrogen) atoms. The fourth-order valence-electron chi connectivity index (χ4n) is 2.51. The van der Waals surface area contributed by atoms with E-state index in [1.54, 1.807) is 17.9 Å². The number of carbonyl (C=O) groups excluding carboxylic acids is 1. The third kappa shape index (κ3) is 2.42. The van der Waals surface area contributed by atoms with Crippen LogP contribution in [-0.2, 0) is 21.1 Å². The SMILES string of the molecule is COC(=O)c1nn(C)c2ncc(B3OC(C)(C)C(C)(C)O3)cc12. The summed E-state index contributed by atoms with van der Waals surface area (Å²) in [4.78, 5) is 16.3. The van der Waals surface area contributed by atoms with E-state index in [0.717, 1.165) is 5.46 Å². The van der Waals surface area contributed by atoms with E-state index in [-0.39, 0.29) is 5.69 Å². The molecule has 0 radical (unpaired) electrons. The normalized spacial score (nSPS) is 19.3. The van der Waals surface area contributed by atoms with Crippen molar-refractivity contribution in [2.24, 2.45) is 7.05 Å². The first kappa shape index (κ1) is 16.0. The van der Waals surface area contributed by atoms with Crippen LogP contribution in [0.15, 0.2) is 12.3 Å². The smallest absolute Gasteiger partial charge is 0.464 e. The number of fused-ring (bicyclic) bond motifs is 1. The van der Waals surface area contributed by atoms with Crippen molar-refractivity contribution in [2.45, 2.75) is 38.9 Å². The summed E-state index contributed by atoms with van der Waals surface area (Å²) in [6.07, 6.45) is 1.69. The van der Waals surface area contributed by atoms with E-state index in [0.29, 0.717) is 11.0 Å². The van der Waals surface area contributed by atoms with Crippen LogP contribution in [0.25, 0.3) is 11.0 Å². The molecular formula is C15H20BN3O4. The van der Waals surface area contributed by atoms with Crippen molar-refractivity contribution in [1.82, 2.24) is 14.8 Å². The third-order valence-corrected chi connectivity index (χ3v) is 4.60. The summed E-state index contributed by atoms with van der Waals surface area (Å²) < 4.78 is 18.4. The molecule has 2 aromatic heterocycles. The maximum atomic E-state index is 11.9. The van der Waals surface area contributed by atoms with Crippen molar-refractivity contribution in [3.63, 3.8) is 0 Å². The molecule has 8 heteroatoms. The number of hydrogen-bond donors (Lipinski definition) is 0. The van der Waals surface area contributed by atoms with E-state index in [2.05, 4.69) is 10.1 Å². The average molecular weight is 317 g/mol. The van der Waals surface area contributed by atoms with Crippen LogP contribution in [0.3, 0.4) is 0 Å². The van der Waals surface area contributed by atoms with Gasteiger partial charge in [-0.15, -0.1) is 0 Å². The van der Waals surface area contributed by atoms with Crippen LogP contribution >= 0.6 is 0 Å². The number of ether oxygens (including phenoxy) is 1. The largest absolute Gasteiger partial charge is 0.496 e. The van der Waals surface area contributed by atoms with E-state index >= 15 is 0 Å². The van der Waals surface area contributed by atoms with E-state index in [1.165, 1.54) is 7.11 Å². The highest BCUT2D eigenvalue weighted by atomic mass is 16.7. The van der Waals surface area contributed by atoms with Gasteiger partial charge in [0.1, 0.15) is 0 Å². The number of hydrogen-bond acceptors (Lipinski definition) is 6. The maximum Gasteiger partial charge on any atom is 0.496 e. The van der Waals surface area contributed by atoms with Crippen molar-refractivity contribution in [2.75, 3.05) is 7.11 Å². The number of pyridine rings is 1. The molecule has 2 aromatic rings. The number of nitrogens with zero attached hydrogens (tertiary/aromatic N) is 3. The predicted molar refractivity (Wildman–Crippen MR) is 85.6 cm³/mol. The third-order valence-electron chi connectivity index (χ3n) is 4.60. The van der Waals surface area contributed by atoms with Crippen LogP contribution in [0, 0.1) is 0 Å². The van der Waals surface area contributed by atoms with Gasteiger partial charge in [0.25, 0.3) is 0 Å². The van der Waals surface area contributed by atoms with Crippen LogP contribution < -0.4 is 5.46 Å². The topological polar surface area (TPSA) is 75.5 Å². The van der Waals surface area contributed by atoms with Gasteiger partial charge in [-0.05, 0) is 33.8 Å². The van der Waals surface area contributed by atoms with Crippen molar-refractivity contribution in [3.8, 4) is 0 Å². The van der Waals surface area contributed by atoms with Gasteiger partial charge in [-0.25, -0.2) is 14.5 Å². The molecule has 0 saturated carbocycles. The van der Waals surface area contributed by atoms with Crippen molar-refractivity contribution >= 4 is 29.6 Å². The van der Waals surface area contributed by atoms with Crippen molar-refractivity contribution < 1.29 is 18.8 Å². The summed E-state index contributed by atoms with van der Waals surface area (Å²) in [6.45, 7) is 7.96. The first-order chi connectivity index (χ1) is 10.7. The lowest BCUT2D eigenvalue weighted by atomic mass is 9.80. The Hall–Kier alpha value is -1.93. The Morgan fingerprint density at radius 2 is 1.87 bits per heavy atom. The monoisotopic (exact) mass is 317 g/mol. The predicted octanol–water partition coefficient (Wildman–Crippen LogP) is 1.05. The molecule has 3 rings (SSSR count). The lowest BCUT2D eigenvalue weighted by Crippen LogP contribution is -2.41. The van der Waals surface area contributed by atoms with E-state index in [1.807, 2.05) is 33.8 Å². The van der Waals surface area contributed by atoms with E-state index < -0.39 is 24.3 Å². The first-order valence-corrected chi connectivity index (χ1v) is 7.43. The van der Waals surface area contributed by atoms with Crippen LogP contribution in [0.2, 0.25) is 0 Å². The maximum absolute atomic E-state index is 11.9. The van der Waals surface area contributed by atoms with Gasteiger partial charge < -0.3 is 14.0 Å². The molecule has 0 N–H and O–H groups in total. The molecule has 0 amide bonds. The second-order valence-electron chi connectivity index (χ2n) is 6.69. The van der Waals surface area contributed by atoms with Crippen LogP contribution in [-0.4, -0.2) is 46.2 Å². The van der Waals surface area contributed by atoms with Crippen LogP contribution in [0.5, 0.6) is 0 Å². The summed E-state index contributed by atoms with van der Waals surface area (Å²) in [6, 6.07) is 1.82. The second-order valence-corrected chi connectivity index (χ2v) is 6.69. The van der Waals surface area contributed by atoms with Gasteiger partial charge in [0.15, 0.2) is 11.3 Å².